The maximum absolute atomic E-state index is 13.6. The number of hydrogen-bond donors (Lipinski definition) is 0. The Morgan fingerprint density at radius 2 is 1.90 bits per heavy atom. The van der Waals surface area contributed by atoms with E-state index in [0.717, 1.165) is 5.69 Å². The summed E-state index contributed by atoms with van der Waals surface area (Å²) in [6, 6.07) is 16.7. The van der Waals surface area contributed by atoms with E-state index in [1.165, 1.54) is 23.9 Å². The number of benzene rings is 3. The van der Waals surface area contributed by atoms with Gasteiger partial charge >= 0.3 is 0 Å². The molecule has 0 N–H and O–H groups in total. The van der Waals surface area contributed by atoms with Gasteiger partial charge in [0.1, 0.15) is 29.2 Å². The van der Waals surface area contributed by atoms with Crippen LogP contribution in [0.5, 0.6) is 17.2 Å². The summed E-state index contributed by atoms with van der Waals surface area (Å²) in [6.07, 6.45) is 0. The molecule has 39 heavy (non-hydrogen) atoms. The van der Waals surface area contributed by atoms with Crippen molar-refractivity contribution >= 4 is 23.4 Å². The molecule has 0 aliphatic rings. The van der Waals surface area contributed by atoms with Crippen LogP contribution >= 0.6 is 23.4 Å². The summed E-state index contributed by atoms with van der Waals surface area (Å²) in [7, 11) is 1.59. The highest BCUT2D eigenvalue weighted by atomic mass is 35.5. The van der Waals surface area contributed by atoms with Gasteiger partial charge in [-0.25, -0.2) is 4.39 Å². The van der Waals surface area contributed by atoms with Gasteiger partial charge in [-0.1, -0.05) is 35.5 Å². The van der Waals surface area contributed by atoms with Gasteiger partial charge in [-0.3, -0.25) is 14.7 Å². The topological polar surface area (TPSA) is 102 Å². The number of ether oxygens (including phenoxy) is 3. The Kier molecular flexibility index (Phi) is 9.26. The van der Waals surface area contributed by atoms with Gasteiger partial charge in [-0.05, 0) is 73.5 Å². The largest absolute Gasteiger partial charge is 0.497 e. The molecule has 0 aliphatic carbocycles. The Morgan fingerprint density at radius 3 is 2.56 bits per heavy atom. The van der Waals surface area contributed by atoms with Crippen molar-refractivity contribution in [2.75, 3.05) is 20.3 Å². The molecule has 0 fully saturated rings. The van der Waals surface area contributed by atoms with E-state index in [9.17, 15) is 14.5 Å². The molecule has 3 aromatic carbocycles. The van der Waals surface area contributed by atoms with Crippen LogP contribution in [0.25, 0.3) is 5.69 Å². The van der Waals surface area contributed by atoms with Crippen molar-refractivity contribution in [1.82, 2.24) is 14.8 Å². The summed E-state index contributed by atoms with van der Waals surface area (Å²) in [6.45, 7) is 3.59. The highest BCUT2D eigenvalue weighted by molar-refractivity contribution is 7.99. The third-order valence-electron chi connectivity index (χ3n) is 5.66. The van der Waals surface area contributed by atoms with Crippen molar-refractivity contribution in [3.8, 4) is 22.9 Å². The predicted octanol–water partition coefficient (Wildman–Crippen LogP) is 6.46. The second-order valence-corrected chi connectivity index (χ2v) is 9.94. The minimum Gasteiger partial charge on any atom is -0.497 e. The third-order valence-corrected chi connectivity index (χ3v) is 7.13. The molecule has 204 valence electrons. The molecule has 4 aromatic rings. The molecule has 0 spiro atoms. The number of methoxy groups -OCH3 is 1. The zero-order valence-electron chi connectivity index (χ0n) is 21.5. The van der Waals surface area contributed by atoms with Crippen LogP contribution in [0, 0.1) is 22.9 Å². The SMILES string of the molecule is CCOc1cc([C@H](C[N+](=O)[O-])Sc2nnc(C)n2-c2ccc(OC)cc2)cc(Cl)c1OCc1cccc(F)c1. The Hall–Kier alpha value is -3.83. The van der Waals surface area contributed by atoms with E-state index in [-0.39, 0.29) is 28.1 Å². The van der Waals surface area contributed by atoms with E-state index < -0.39 is 11.8 Å². The molecule has 1 atom stereocenters. The van der Waals surface area contributed by atoms with Crippen LogP contribution in [-0.4, -0.2) is 39.9 Å². The van der Waals surface area contributed by atoms with Crippen molar-refractivity contribution < 1.29 is 23.5 Å². The number of aromatic nitrogens is 3. The van der Waals surface area contributed by atoms with Crippen molar-refractivity contribution in [2.45, 2.75) is 30.9 Å². The molecular weight excluding hydrogens is 547 g/mol. The van der Waals surface area contributed by atoms with Crippen molar-refractivity contribution in [3.05, 3.63) is 98.6 Å². The number of aryl methyl sites for hydroxylation is 1. The van der Waals surface area contributed by atoms with E-state index in [1.807, 2.05) is 28.8 Å². The molecule has 0 aliphatic heterocycles. The lowest BCUT2D eigenvalue weighted by atomic mass is 10.1. The van der Waals surface area contributed by atoms with Gasteiger partial charge < -0.3 is 14.2 Å². The van der Waals surface area contributed by atoms with Crippen molar-refractivity contribution in [3.63, 3.8) is 0 Å². The number of nitrogens with zero attached hydrogens (tertiary/aromatic N) is 4. The average molecular weight is 573 g/mol. The smallest absolute Gasteiger partial charge is 0.220 e. The Morgan fingerprint density at radius 1 is 1.13 bits per heavy atom. The summed E-state index contributed by atoms with van der Waals surface area (Å²) in [5.41, 5.74) is 1.97. The normalized spacial score (nSPS) is 11.7. The fourth-order valence-corrected chi connectivity index (χ4v) is 5.31. The standard InChI is InChI=1S/C27H26ClFN4O5S/c1-4-37-24-14-19(13-23(28)26(24)38-16-18-6-5-7-20(29)12-18)25(15-32(34)35)39-27-31-30-17(2)33(27)21-8-10-22(36-3)11-9-21/h5-14,25H,4,15-16H2,1-3H3/t25-/m0/s1. The van der Waals surface area contributed by atoms with Crippen molar-refractivity contribution in [2.24, 2.45) is 0 Å². The molecule has 0 radical (unpaired) electrons. The van der Waals surface area contributed by atoms with E-state index in [1.54, 1.807) is 45.2 Å². The number of thioether (sulfide) groups is 1. The quantitative estimate of drug-likeness (QED) is 0.108. The molecule has 0 saturated carbocycles. The monoisotopic (exact) mass is 572 g/mol. The maximum atomic E-state index is 13.6. The highest BCUT2D eigenvalue weighted by Gasteiger charge is 2.26. The summed E-state index contributed by atoms with van der Waals surface area (Å²) < 4.78 is 32.3. The summed E-state index contributed by atoms with van der Waals surface area (Å²) in [4.78, 5) is 11.3. The minimum atomic E-state index is -0.672. The van der Waals surface area contributed by atoms with Crippen LogP contribution in [0.15, 0.2) is 65.8 Å². The average Bonchev–Trinajstić information content (AvgIpc) is 3.27. The minimum absolute atomic E-state index is 0.0637. The first-order valence-electron chi connectivity index (χ1n) is 12.0. The van der Waals surface area contributed by atoms with Crippen LogP contribution in [0.4, 0.5) is 4.39 Å². The third kappa shape index (κ3) is 6.98. The van der Waals surface area contributed by atoms with Crippen LogP contribution in [0.3, 0.4) is 0 Å². The molecule has 1 aromatic heterocycles. The molecule has 0 unspecified atom stereocenters. The predicted molar refractivity (Wildman–Crippen MR) is 146 cm³/mol. The van der Waals surface area contributed by atoms with E-state index >= 15 is 0 Å². The van der Waals surface area contributed by atoms with Crippen LogP contribution in [-0.2, 0) is 6.61 Å². The molecule has 0 bridgehead atoms. The van der Waals surface area contributed by atoms with Crippen LogP contribution < -0.4 is 14.2 Å². The Balaban J connectivity index is 1.66. The number of hydrogen-bond acceptors (Lipinski definition) is 8. The zero-order valence-corrected chi connectivity index (χ0v) is 23.0. The number of rotatable bonds is 12. The molecular formula is C27H26ClFN4O5S. The fraction of sp³-hybridized carbons (Fsp3) is 0.259. The zero-order chi connectivity index (χ0) is 27.9. The number of nitro groups is 1. The van der Waals surface area contributed by atoms with Gasteiger partial charge in [0.2, 0.25) is 6.54 Å². The highest BCUT2D eigenvalue weighted by Crippen LogP contribution is 2.43. The first kappa shape index (κ1) is 28.2. The molecule has 0 amide bonds. The van der Waals surface area contributed by atoms with Crippen LogP contribution in [0.2, 0.25) is 5.02 Å². The van der Waals surface area contributed by atoms with Gasteiger partial charge in [0, 0.05) is 10.6 Å². The molecule has 9 nitrogen and oxygen atoms in total. The first-order chi connectivity index (χ1) is 18.8. The molecule has 1 heterocycles. The van der Waals surface area contributed by atoms with Crippen LogP contribution in [0.1, 0.15) is 29.1 Å². The first-order valence-corrected chi connectivity index (χ1v) is 13.2. The second kappa shape index (κ2) is 12.8. The Bertz CT molecular complexity index is 1450. The lowest BCUT2D eigenvalue weighted by Crippen LogP contribution is -2.12. The fourth-order valence-electron chi connectivity index (χ4n) is 3.88. The van der Waals surface area contributed by atoms with E-state index in [4.69, 9.17) is 25.8 Å². The van der Waals surface area contributed by atoms with Gasteiger partial charge in [-0.15, -0.1) is 10.2 Å². The summed E-state index contributed by atoms with van der Waals surface area (Å²) >= 11 is 7.80. The van der Waals surface area contributed by atoms with Gasteiger partial charge in [0.25, 0.3) is 0 Å². The van der Waals surface area contributed by atoms with Gasteiger partial charge in [0.15, 0.2) is 16.7 Å². The van der Waals surface area contributed by atoms with E-state index in [2.05, 4.69) is 10.2 Å². The second-order valence-electron chi connectivity index (χ2n) is 8.37. The lowest BCUT2D eigenvalue weighted by Gasteiger charge is -2.19. The number of halogens is 2. The molecule has 12 heteroatoms. The Labute approximate surface area is 234 Å². The van der Waals surface area contributed by atoms with Gasteiger partial charge in [0.05, 0.1) is 18.7 Å². The van der Waals surface area contributed by atoms with Crippen molar-refractivity contribution in [1.29, 1.82) is 0 Å². The summed E-state index contributed by atoms with van der Waals surface area (Å²) in [5, 5.41) is 20.2. The summed E-state index contributed by atoms with van der Waals surface area (Å²) in [5.74, 6) is 1.55. The van der Waals surface area contributed by atoms with E-state index in [0.29, 0.717) is 40.2 Å². The molecule has 0 saturated heterocycles. The molecule has 4 rings (SSSR count). The lowest BCUT2D eigenvalue weighted by molar-refractivity contribution is -0.479. The maximum Gasteiger partial charge on any atom is 0.220 e. The van der Waals surface area contributed by atoms with Gasteiger partial charge in [-0.2, -0.15) is 0 Å².